The number of benzene rings is 1. The predicted molar refractivity (Wildman–Crippen MR) is 90.0 cm³/mol. The Labute approximate surface area is 141 Å². The van der Waals surface area contributed by atoms with Gasteiger partial charge in [-0.15, -0.1) is 0 Å². The fraction of sp³-hybridized carbons (Fsp3) is 0.375. The molecule has 0 fully saturated rings. The number of sulfonamides is 1. The van der Waals surface area contributed by atoms with Gasteiger partial charge in [-0.2, -0.15) is 0 Å². The molecule has 0 unspecified atom stereocenters. The van der Waals surface area contributed by atoms with Crippen LogP contribution in [0.25, 0.3) is 0 Å². The number of amides is 1. The largest absolute Gasteiger partial charge is 0.336 e. The molecule has 8 heteroatoms. The number of fused-ring (bicyclic) bond motifs is 1. The summed E-state index contributed by atoms with van der Waals surface area (Å²) in [6.45, 7) is 1.99. The number of nitrogens with zero attached hydrogens (tertiary/aromatic N) is 3. The summed E-state index contributed by atoms with van der Waals surface area (Å²) in [5, 5.41) is 0. The zero-order valence-corrected chi connectivity index (χ0v) is 14.3. The van der Waals surface area contributed by atoms with E-state index >= 15 is 0 Å². The average Bonchev–Trinajstić information content (AvgIpc) is 2.82. The number of aromatic nitrogens is 2. The van der Waals surface area contributed by atoms with Crippen LogP contribution < -0.4 is 4.72 Å². The van der Waals surface area contributed by atoms with E-state index in [1.165, 1.54) is 0 Å². The molecule has 24 heavy (non-hydrogen) atoms. The number of imidazole rings is 1. The van der Waals surface area contributed by atoms with E-state index in [1.807, 2.05) is 39.8 Å². The molecule has 1 aromatic carbocycles. The number of hydrogen-bond acceptors (Lipinski definition) is 4. The first-order valence-corrected chi connectivity index (χ1v) is 9.65. The Hall–Kier alpha value is -2.19. The molecule has 7 nitrogen and oxygen atoms in total. The van der Waals surface area contributed by atoms with Gasteiger partial charge in [0.15, 0.2) is 0 Å². The second-order valence-electron chi connectivity index (χ2n) is 5.82. The van der Waals surface area contributed by atoms with E-state index in [0.29, 0.717) is 31.6 Å². The molecule has 1 aliphatic rings. The fourth-order valence-corrected chi connectivity index (χ4v) is 3.22. The van der Waals surface area contributed by atoms with Crippen LogP contribution in [0, 0.1) is 0 Å². The van der Waals surface area contributed by atoms with Gasteiger partial charge in [0.2, 0.25) is 10.0 Å². The van der Waals surface area contributed by atoms with Crippen LogP contribution in [0.15, 0.2) is 36.5 Å². The molecule has 1 aromatic heterocycles. The molecule has 0 atom stereocenters. The molecular weight excluding hydrogens is 328 g/mol. The van der Waals surface area contributed by atoms with Crippen LogP contribution in [-0.2, 0) is 29.5 Å². The maximum absolute atomic E-state index is 12.6. The predicted octanol–water partition coefficient (Wildman–Crippen LogP) is 0.631. The Morgan fingerprint density at radius 2 is 1.96 bits per heavy atom. The maximum Gasteiger partial charge on any atom is 0.253 e. The van der Waals surface area contributed by atoms with Crippen LogP contribution in [-0.4, -0.2) is 48.1 Å². The summed E-state index contributed by atoms with van der Waals surface area (Å²) in [7, 11) is -3.25. The van der Waals surface area contributed by atoms with Crippen molar-refractivity contribution < 1.29 is 13.2 Å². The van der Waals surface area contributed by atoms with Crippen molar-refractivity contribution in [1.82, 2.24) is 19.2 Å². The van der Waals surface area contributed by atoms with Gasteiger partial charge in [-0.3, -0.25) is 4.79 Å². The van der Waals surface area contributed by atoms with Gasteiger partial charge in [0, 0.05) is 37.8 Å². The van der Waals surface area contributed by atoms with Crippen molar-refractivity contribution in [2.75, 3.05) is 19.3 Å². The van der Waals surface area contributed by atoms with Crippen LogP contribution in [0.3, 0.4) is 0 Å². The van der Waals surface area contributed by atoms with E-state index in [9.17, 15) is 13.2 Å². The van der Waals surface area contributed by atoms with Crippen molar-refractivity contribution in [3.63, 3.8) is 0 Å². The molecule has 2 heterocycles. The lowest BCUT2D eigenvalue weighted by atomic mass is 10.2. The third-order valence-corrected chi connectivity index (χ3v) is 4.71. The third-order valence-electron chi connectivity index (χ3n) is 4.04. The van der Waals surface area contributed by atoms with Gasteiger partial charge in [0.1, 0.15) is 5.82 Å². The average molecular weight is 348 g/mol. The van der Waals surface area contributed by atoms with E-state index in [-0.39, 0.29) is 12.5 Å². The summed E-state index contributed by atoms with van der Waals surface area (Å²) in [5.41, 5.74) is 1.49. The van der Waals surface area contributed by atoms with Gasteiger partial charge in [-0.25, -0.2) is 18.1 Å². The van der Waals surface area contributed by atoms with E-state index in [0.717, 1.165) is 17.8 Å². The molecule has 128 valence electrons. The van der Waals surface area contributed by atoms with Gasteiger partial charge in [0.25, 0.3) is 5.91 Å². The van der Waals surface area contributed by atoms with Gasteiger partial charge in [-0.05, 0) is 12.1 Å². The zero-order valence-electron chi connectivity index (χ0n) is 13.5. The Balaban J connectivity index is 1.71. The monoisotopic (exact) mass is 348 g/mol. The van der Waals surface area contributed by atoms with Crippen molar-refractivity contribution in [3.8, 4) is 0 Å². The molecular formula is C16H20N4O3S. The normalized spacial score (nSPS) is 15.0. The summed E-state index contributed by atoms with van der Waals surface area (Å²) in [4.78, 5) is 18.8. The SMILES string of the molecule is CS(=O)(=O)NCc1cnc2n1CCN(C(=O)c1ccccc1)CC2. The third kappa shape index (κ3) is 3.82. The first-order valence-electron chi connectivity index (χ1n) is 7.76. The van der Waals surface area contributed by atoms with Gasteiger partial charge in [-0.1, -0.05) is 18.2 Å². The summed E-state index contributed by atoms with van der Waals surface area (Å²) in [5.74, 6) is 0.890. The lowest BCUT2D eigenvalue weighted by Gasteiger charge is -2.20. The molecule has 0 spiro atoms. The Kier molecular flexibility index (Phi) is 4.68. The Morgan fingerprint density at radius 1 is 1.21 bits per heavy atom. The summed E-state index contributed by atoms with van der Waals surface area (Å²) < 4.78 is 27.0. The topological polar surface area (TPSA) is 84.3 Å². The highest BCUT2D eigenvalue weighted by Gasteiger charge is 2.21. The Morgan fingerprint density at radius 3 is 2.67 bits per heavy atom. The maximum atomic E-state index is 12.6. The van der Waals surface area contributed by atoms with Crippen molar-refractivity contribution in [2.24, 2.45) is 0 Å². The van der Waals surface area contributed by atoms with Crippen LogP contribution in [0.5, 0.6) is 0 Å². The summed E-state index contributed by atoms with van der Waals surface area (Å²) in [6, 6.07) is 9.21. The molecule has 3 rings (SSSR count). The van der Waals surface area contributed by atoms with Crippen LogP contribution in [0.2, 0.25) is 0 Å². The summed E-state index contributed by atoms with van der Waals surface area (Å²) >= 11 is 0. The molecule has 0 bridgehead atoms. The van der Waals surface area contributed by atoms with Crippen molar-refractivity contribution in [1.29, 1.82) is 0 Å². The van der Waals surface area contributed by atoms with E-state index in [2.05, 4.69) is 9.71 Å². The molecule has 1 aliphatic heterocycles. The van der Waals surface area contributed by atoms with Crippen LogP contribution in [0.1, 0.15) is 21.9 Å². The highest BCUT2D eigenvalue weighted by Crippen LogP contribution is 2.14. The number of nitrogens with one attached hydrogen (secondary N) is 1. The highest BCUT2D eigenvalue weighted by molar-refractivity contribution is 7.88. The number of rotatable bonds is 4. The molecule has 2 aromatic rings. The van der Waals surface area contributed by atoms with E-state index in [4.69, 9.17) is 0 Å². The lowest BCUT2D eigenvalue weighted by Crippen LogP contribution is -2.33. The van der Waals surface area contributed by atoms with E-state index < -0.39 is 10.0 Å². The first kappa shape index (κ1) is 16.7. The minimum atomic E-state index is -3.25. The van der Waals surface area contributed by atoms with Gasteiger partial charge in [0.05, 0.1) is 18.5 Å². The van der Waals surface area contributed by atoms with Crippen molar-refractivity contribution in [2.45, 2.75) is 19.5 Å². The first-order chi connectivity index (χ1) is 11.4. The molecule has 1 N–H and O–H groups in total. The zero-order chi connectivity index (χ0) is 17.2. The van der Waals surface area contributed by atoms with Gasteiger partial charge >= 0.3 is 0 Å². The smallest absolute Gasteiger partial charge is 0.253 e. The molecule has 0 saturated heterocycles. The number of hydrogen-bond donors (Lipinski definition) is 1. The number of carbonyl (C=O) groups is 1. The molecule has 0 aliphatic carbocycles. The second kappa shape index (κ2) is 6.74. The quantitative estimate of drug-likeness (QED) is 0.878. The van der Waals surface area contributed by atoms with Crippen LogP contribution in [0.4, 0.5) is 0 Å². The molecule has 0 saturated carbocycles. The second-order valence-corrected chi connectivity index (χ2v) is 7.65. The van der Waals surface area contributed by atoms with Crippen molar-refractivity contribution in [3.05, 3.63) is 53.6 Å². The minimum absolute atomic E-state index is 0.0113. The van der Waals surface area contributed by atoms with Crippen molar-refractivity contribution >= 4 is 15.9 Å². The summed E-state index contributed by atoms with van der Waals surface area (Å²) in [6.07, 6.45) is 3.48. The van der Waals surface area contributed by atoms with Gasteiger partial charge < -0.3 is 9.47 Å². The molecule has 1 amide bonds. The lowest BCUT2D eigenvalue weighted by molar-refractivity contribution is 0.0759. The molecule has 0 radical (unpaired) electrons. The van der Waals surface area contributed by atoms with Crippen LogP contribution >= 0.6 is 0 Å². The minimum Gasteiger partial charge on any atom is -0.336 e. The standard InChI is InChI=1S/C16H20N4O3S/c1-24(22,23)18-12-14-11-17-15-7-8-19(9-10-20(14)15)16(21)13-5-3-2-4-6-13/h2-6,11,18H,7-10,12H2,1H3. The van der Waals surface area contributed by atoms with E-state index in [1.54, 1.807) is 6.20 Å². The highest BCUT2D eigenvalue weighted by atomic mass is 32.2. The Bertz CT molecular complexity index is 830. The fourth-order valence-electron chi connectivity index (χ4n) is 2.81. The number of carbonyl (C=O) groups excluding carboxylic acids is 1.